The minimum Gasteiger partial charge on any atom is -0.326 e. The van der Waals surface area contributed by atoms with E-state index in [-0.39, 0.29) is 28.4 Å². The van der Waals surface area contributed by atoms with Crippen LogP contribution in [0.1, 0.15) is 71.8 Å². The first-order valence-electron chi connectivity index (χ1n) is 12.7. The third kappa shape index (κ3) is 4.49. The van der Waals surface area contributed by atoms with E-state index in [1.54, 1.807) is 6.08 Å². The summed E-state index contributed by atoms with van der Waals surface area (Å²) in [5.74, 6) is 1.08. The maximum atomic E-state index is 13.3. The molecular formula is C29H36F3NO2. The van der Waals surface area contributed by atoms with E-state index in [9.17, 15) is 22.8 Å². The van der Waals surface area contributed by atoms with Crippen LogP contribution < -0.4 is 5.32 Å². The second kappa shape index (κ2) is 8.94. The van der Waals surface area contributed by atoms with Crippen LogP contribution in [-0.4, -0.2) is 11.7 Å². The number of hydrogen-bond donors (Lipinski definition) is 1. The summed E-state index contributed by atoms with van der Waals surface area (Å²) in [6.07, 6.45) is 2.45. The summed E-state index contributed by atoms with van der Waals surface area (Å²) in [5.41, 5.74) is 1.47. The molecule has 3 aliphatic rings. The molecule has 0 aliphatic heterocycles. The minimum absolute atomic E-state index is 0.0962. The van der Waals surface area contributed by atoms with Gasteiger partial charge in [-0.05, 0) is 104 Å². The van der Waals surface area contributed by atoms with Crippen LogP contribution in [0.2, 0.25) is 0 Å². The monoisotopic (exact) mass is 487 g/mol. The van der Waals surface area contributed by atoms with E-state index in [2.05, 4.69) is 32.7 Å². The van der Waals surface area contributed by atoms with Crippen LogP contribution in [0.3, 0.4) is 0 Å². The van der Waals surface area contributed by atoms with Crippen molar-refractivity contribution in [3.63, 3.8) is 0 Å². The zero-order valence-corrected chi connectivity index (χ0v) is 21.1. The molecule has 0 aromatic heterocycles. The number of carbonyl (C=O) groups is 2. The first-order valence-corrected chi connectivity index (χ1v) is 12.7. The summed E-state index contributed by atoms with van der Waals surface area (Å²) in [6.45, 7) is 13.0. The fourth-order valence-electron chi connectivity index (χ4n) is 7.71. The van der Waals surface area contributed by atoms with Crippen molar-refractivity contribution in [3.8, 4) is 0 Å². The predicted molar refractivity (Wildman–Crippen MR) is 132 cm³/mol. The molecule has 3 unspecified atom stereocenters. The van der Waals surface area contributed by atoms with E-state index < -0.39 is 11.7 Å². The van der Waals surface area contributed by atoms with E-state index in [4.69, 9.17) is 0 Å². The summed E-state index contributed by atoms with van der Waals surface area (Å²) in [7, 11) is 0. The summed E-state index contributed by atoms with van der Waals surface area (Å²) < 4.78 is 38.6. The minimum atomic E-state index is -4.40. The van der Waals surface area contributed by atoms with Crippen molar-refractivity contribution in [1.82, 2.24) is 0 Å². The molecule has 1 amide bonds. The van der Waals surface area contributed by atoms with Gasteiger partial charge in [-0.2, -0.15) is 13.2 Å². The topological polar surface area (TPSA) is 46.2 Å². The average molecular weight is 488 g/mol. The molecule has 1 N–H and O–H groups in total. The van der Waals surface area contributed by atoms with Crippen LogP contribution in [0.15, 0.2) is 48.1 Å². The number of benzene rings is 1. The number of anilines is 1. The molecule has 0 bridgehead atoms. The molecule has 1 aromatic rings. The lowest BCUT2D eigenvalue weighted by molar-refractivity contribution is -0.137. The van der Waals surface area contributed by atoms with E-state index in [0.29, 0.717) is 29.9 Å². The molecule has 2 saturated carbocycles. The lowest BCUT2D eigenvalue weighted by Crippen LogP contribution is -2.48. The third-order valence-electron chi connectivity index (χ3n) is 9.56. The molecule has 35 heavy (non-hydrogen) atoms. The highest BCUT2D eigenvalue weighted by Gasteiger charge is 2.58. The van der Waals surface area contributed by atoms with Crippen LogP contribution in [-0.2, 0) is 15.8 Å². The summed E-state index contributed by atoms with van der Waals surface area (Å²) >= 11 is 0. The fourth-order valence-corrected chi connectivity index (χ4v) is 7.71. The first-order chi connectivity index (χ1) is 16.3. The normalized spacial score (nSPS) is 35.3. The van der Waals surface area contributed by atoms with Gasteiger partial charge in [0.15, 0.2) is 5.78 Å². The first kappa shape index (κ1) is 25.7. The van der Waals surface area contributed by atoms with Crippen LogP contribution >= 0.6 is 0 Å². The van der Waals surface area contributed by atoms with Gasteiger partial charge in [-0.25, -0.2) is 0 Å². The van der Waals surface area contributed by atoms with Crippen molar-refractivity contribution in [1.29, 1.82) is 0 Å². The Morgan fingerprint density at radius 1 is 1.06 bits per heavy atom. The van der Waals surface area contributed by atoms with Crippen LogP contribution in [0.25, 0.3) is 0 Å². The van der Waals surface area contributed by atoms with Gasteiger partial charge in [0.1, 0.15) is 0 Å². The van der Waals surface area contributed by atoms with E-state index in [0.717, 1.165) is 55.4 Å². The number of fused-ring (bicyclic) bond motifs is 1. The van der Waals surface area contributed by atoms with Gasteiger partial charge in [-0.1, -0.05) is 32.9 Å². The summed E-state index contributed by atoms with van der Waals surface area (Å²) in [4.78, 5) is 25.5. The number of rotatable bonds is 4. The average Bonchev–Trinajstić information content (AvgIpc) is 3.13. The van der Waals surface area contributed by atoms with Crippen molar-refractivity contribution in [3.05, 3.63) is 53.6 Å². The van der Waals surface area contributed by atoms with Gasteiger partial charge in [0.2, 0.25) is 5.91 Å². The molecule has 1 aromatic carbocycles. The Morgan fingerprint density at radius 3 is 2.31 bits per heavy atom. The lowest BCUT2D eigenvalue weighted by atomic mass is 9.50. The number of amides is 1. The maximum absolute atomic E-state index is 13.3. The molecule has 0 spiro atoms. The number of nitrogens with one attached hydrogen (secondary N) is 1. The van der Waals surface area contributed by atoms with Crippen LogP contribution in [0.4, 0.5) is 18.9 Å². The Kier molecular flexibility index (Phi) is 6.56. The summed E-state index contributed by atoms with van der Waals surface area (Å²) in [6, 6.07) is 4.66. The molecule has 4 rings (SSSR count). The van der Waals surface area contributed by atoms with Crippen molar-refractivity contribution in [2.75, 3.05) is 5.32 Å². The highest BCUT2D eigenvalue weighted by molar-refractivity contribution is 5.93. The molecule has 2 fully saturated rings. The van der Waals surface area contributed by atoms with Crippen LogP contribution in [0, 0.1) is 34.5 Å². The van der Waals surface area contributed by atoms with Crippen molar-refractivity contribution in [2.45, 2.75) is 72.4 Å². The van der Waals surface area contributed by atoms with E-state index in [1.165, 1.54) is 12.1 Å². The molecule has 6 atom stereocenters. The number of allylic oxidation sites excluding steroid dienone is 3. The number of carbonyl (C=O) groups excluding carboxylic acids is 2. The Morgan fingerprint density at radius 2 is 1.71 bits per heavy atom. The van der Waals surface area contributed by atoms with Gasteiger partial charge in [0.05, 0.1) is 5.56 Å². The highest BCUT2D eigenvalue weighted by atomic mass is 19.4. The quantitative estimate of drug-likeness (QED) is 0.475. The Balaban J connectivity index is 1.51. The molecule has 0 radical (unpaired) electrons. The van der Waals surface area contributed by atoms with Gasteiger partial charge in [0, 0.05) is 18.0 Å². The number of halogens is 3. The number of ketones is 1. The largest absolute Gasteiger partial charge is 0.416 e. The molecule has 3 aliphatic carbocycles. The van der Waals surface area contributed by atoms with E-state index >= 15 is 0 Å². The molecule has 0 heterocycles. The second-order valence-electron chi connectivity index (χ2n) is 11.5. The molecule has 0 saturated heterocycles. The van der Waals surface area contributed by atoms with Crippen molar-refractivity contribution < 1.29 is 22.8 Å². The summed E-state index contributed by atoms with van der Waals surface area (Å²) in [5, 5.41) is 2.88. The SMILES string of the molecule is C=C(C)C1=CC(=O)CC[C@]1(C)C1CC[C@@]2(C)C(CC[C@@H]2C(=O)Nc2ccc(C(F)(F)F)cc2)C1C. The second-order valence-corrected chi connectivity index (χ2v) is 11.5. The zero-order chi connectivity index (χ0) is 25.8. The number of alkyl halides is 3. The maximum Gasteiger partial charge on any atom is 0.416 e. The van der Waals surface area contributed by atoms with Crippen LogP contribution in [0.5, 0.6) is 0 Å². The standard InChI is InChI=1S/C29H36F3NO2/c1-17(2)25-16-21(34)12-14-28(25,5)23-13-15-27(4)22(18(23)3)10-11-24(27)26(35)33-20-8-6-19(7-9-20)29(30,31)32/h6-9,16,18,22-24H,1,10-15H2,2-5H3,(H,33,35)/t18?,22?,23?,24-,27+,28-/m1/s1. The third-order valence-corrected chi connectivity index (χ3v) is 9.56. The Labute approximate surface area is 206 Å². The predicted octanol–water partition coefficient (Wildman–Crippen LogP) is 7.59. The van der Waals surface area contributed by atoms with Crippen molar-refractivity contribution in [2.24, 2.45) is 34.5 Å². The fraction of sp³-hybridized carbons (Fsp3) is 0.586. The molecule has 6 heteroatoms. The van der Waals surface area contributed by atoms with Crippen molar-refractivity contribution >= 4 is 17.4 Å². The van der Waals surface area contributed by atoms with E-state index in [1.807, 2.05) is 6.92 Å². The number of hydrogen-bond acceptors (Lipinski definition) is 2. The molecule has 3 nitrogen and oxygen atoms in total. The van der Waals surface area contributed by atoms with Gasteiger partial charge in [-0.3, -0.25) is 9.59 Å². The van der Waals surface area contributed by atoms with Gasteiger partial charge in [-0.15, -0.1) is 0 Å². The van der Waals surface area contributed by atoms with Gasteiger partial charge < -0.3 is 5.32 Å². The molecule has 190 valence electrons. The lowest BCUT2D eigenvalue weighted by Gasteiger charge is -2.54. The Hall–Kier alpha value is -2.37. The van der Waals surface area contributed by atoms with Gasteiger partial charge in [0.25, 0.3) is 0 Å². The zero-order valence-electron chi connectivity index (χ0n) is 21.1. The van der Waals surface area contributed by atoms with Gasteiger partial charge >= 0.3 is 6.18 Å². The Bertz CT molecular complexity index is 1060. The molecular weight excluding hydrogens is 451 g/mol. The highest BCUT2D eigenvalue weighted by Crippen LogP contribution is 2.63. The smallest absolute Gasteiger partial charge is 0.326 e.